The van der Waals surface area contributed by atoms with Crippen LogP contribution >= 0.6 is 0 Å². The number of amides is 1. The Morgan fingerprint density at radius 2 is 2.47 bits per heavy atom. The van der Waals surface area contributed by atoms with Crippen LogP contribution in [0.15, 0.2) is 18.5 Å². The van der Waals surface area contributed by atoms with Crippen molar-refractivity contribution in [2.24, 2.45) is 5.73 Å². The molecule has 19 heavy (non-hydrogen) atoms. The molecule has 0 spiro atoms. The van der Waals surface area contributed by atoms with Crippen molar-refractivity contribution in [2.75, 3.05) is 26.8 Å². The summed E-state index contributed by atoms with van der Waals surface area (Å²) in [5.41, 5.74) is 6.34. The van der Waals surface area contributed by atoms with E-state index in [1.807, 2.05) is 6.92 Å². The van der Waals surface area contributed by atoms with Gasteiger partial charge in [0.05, 0.1) is 31.6 Å². The summed E-state index contributed by atoms with van der Waals surface area (Å²) < 4.78 is 10.7. The van der Waals surface area contributed by atoms with Crippen LogP contribution in [0.25, 0.3) is 0 Å². The predicted molar refractivity (Wildman–Crippen MR) is 70.1 cm³/mol. The van der Waals surface area contributed by atoms with Gasteiger partial charge in [0.25, 0.3) is 5.91 Å². The molecule has 1 aliphatic rings. The van der Waals surface area contributed by atoms with E-state index in [4.69, 9.17) is 15.2 Å². The van der Waals surface area contributed by atoms with Crippen LogP contribution in [0.2, 0.25) is 0 Å². The lowest BCUT2D eigenvalue weighted by molar-refractivity contribution is -0.0300. The van der Waals surface area contributed by atoms with Gasteiger partial charge < -0.3 is 20.1 Å². The fraction of sp³-hybridized carbons (Fsp3) is 0.538. The number of carbonyl (C=O) groups excluding carboxylic acids is 1. The van der Waals surface area contributed by atoms with Crippen molar-refractivity contribution in [1.29, 1.82) is 0 Å². The van der Waals surface area contributed by atoms with Crippen LogP contribution in [-0.4, -0.2) is 54.7 Å². The van der Waals surface area contributed by atoms with E-state index < -0.39 is 0 Å². The summed E-state index contributed by atoms with van der Waals surface area (Å²) in [6.07, 6.45) is 3.00. The first kappa shape index (κ1) is 13.8. The Balaban J connectivity index is 2.15. The molecule has 0 saturated carbocycles. The highest BCUT2D eigenvalue weighted by Gasteiger charge is 2.28. The summed E-state index contributed by atoms with van der Waals surface area (Å²) in [6.45, 7) is 3.45. The molecule has 2 heterocycles. The van der Waals surface area contributed by atoms with Crippen LogP contribution in [0.1, 0.15) is 17.3 Å². The van der Waals surface area contributed by atoms with Crippen molar-refractivity contribution in [3.05, 3.63) is 24.0 Å². The molecule has 2 atom stereocenters. The SMILES string of the molecule is COc1cnccc1C(=O)N1CCOC(C(C)N)C1. The summed E-state index contributed by atoms with van der Waals surface area (Å²) in [5, 5.41) is 0. The van der Waals surface area contributed by atoms with E-state index in [1.54, 1.807) is 17.2 Å². The highest BCUT2D eigenvalue weighted by atomic mass is 16.5. The Hall–Kier alpha value is -1.66. The Bertz CT molecular complexity index is 451. The third-order valence-corrected chi connectivity index (χ3v) is 3.20. The average Bonchev–Trinajstić information content (AvgIpc) is 2.46. The number of methoxy groups -OCH3 is 1. The topological polar surface area (TPSA) is 77.7 Å². The minimum atomic E-state index is -0.120. The normalized spacial score (nSPS) is 21.0. The Labute approximate surface area is 112 Å². The Kier molecular flexibility index (Phi) is 4.34. The first-order valence-electron chi connectivity index (χ1n) is 6.28. The molecule has 1 saturated heterocycles. The van der Waals surface area contributed by atoms with Gasteiger partial charge in [-0.25, -0.2) is 0 Å². The quantitative estimate of drug-likeness (QED) is 0.849. The van der Waals surface area contributed by atoms with E-state index in [1.165, 1.54) is 13.3 Å². The molecular weight excluding hydrogens is 246 g/mol. The van der Waals surface area contributed by atoms with E-state index in [9.17, 15) is 4.79 Å². The lowest BCUT2D eigenvalue weighted by atomic mass is 10.1. The largest absolute Gasteiger partial charge is 0.494 e. The number of nitrogens with zero attached hydrogens (tertiary/aromatic N) is 2. The van der Waals surface area contributed by atoms with Gasteiger partial charge in [-0.3, -0.25) is 9.78 Å². The first-order valence-corrected chi connectivity index (χ1v) is 6.28. The molecular formula is C13H19N3O3. The van der Waals surface area contributed by atoms with Crippen molar-refractivity contribution in [2.45, 2.75) is 19.1 Å². The van der Waals surface area contributed by atoms with Gasteiger partial charge in [0.2, 0.25) is 0 Å². The van der Waals surface area contributed by atoms with Gasteiger partial charge >= 0.3 is 0 Å². The second-order valence-electron chi connectivity index (χ2n) is 4.60. The zero-order valence-electron chi connectivity index (χ0n) is 11.2. The van der Waals surface area contributed by atoms with Crippen LogP contribution in [-0.2, 0) is 4.74 Å². The smallest absolute Gasteiger partial charge is 0.257 e. The van der Waals surface area contributed by atoms with Gasteiger partial charge in [-0.15, -0.1) is 0 Å². The van der Waals surface area contributed by atoms with E-state index >= 15 is 0 Å². The summed E-state index contributed by atoms with van der Waals surface area (Å²) in [4.78, 5) is 18.2. The lowest BCUT2D eigenvalue weighted by Crippen LogP contribution is -2.51. The molecule has 6 heteroatoms. The van der Waals surface area contributed by atoms with Crippen LogP contribution in [0.5, 0.6) is 5.75 Å². The van der Waals surface area contributed by atoms with Gasteiger partial charge in [0.15, 0.2) is 0 Å². The molecule has 1 aliphatic heterocycles. The summed E-state index contributed by atoms with van der Waals surface area (Å²) in [5.74, 6) is 0.407. The standard InChI is InChI=1S/C13H19N3O3/c1-9(14)12-8-16(5-6-19-12)13(17)10-3-4-15-7-11(10)18-2/h3-4,7,9,12H,5-6,8,14H2,1-2H3. The highest BCUT2D eigenvalue weighted by Crippen LogP contribution is 2.19. The van der Waals surface area contributed by atoms with Gasteiger partial charge in [-0.2, -0.15) is 0 Å². The number of morpholine rings is 1. The fourth-order valence-electron chi connectivity index (χ4n) is 2.07. The minimum absolute atomic E-state index is 0.0757. The maximum absolute atomic E-state index is 12.5. The summed E-state index contributed by atoms with van der Waals surface area (Å²) >= 11 is 0. The van der Waals surface area contributed by atoms with Crippen molar-refractivity contribution >= 4 is 5.91 Å². The second kappa shape index (κ2) is 5.99. The van der Waals surface area contributed by atoms with E-state index in [2.05, 4.69) is 4.98 Å². The minimum Gasteiger partial charge on any atom is -0.494 e. The number of nitrogens with two attached hydrogens (primary N) is 1. The molecule has 2 unspecified atom stereocenters. The van der Waals surface area contributed by atoms with E-state index in [0.717, 1.165) is 0 Å². The van der Waals surface area contributed by atoms with Gasteiger partial charge in [0, 0.05) is 25.3 Å². The molecule has 0 bridgehead atoms. The molecule has 104 valence electrons. The van der Waals surface area contributed by atoms with Gasteiger partial charge in [-0.05, 0) is 13.0 Å². The molecule has 6 nitrogen and oxygen atoms in total. The molecule has 1 amide bonds. The Morgan fingerprint density at radius 1 is 1.68 bits per heavy atom. The summed E-state index contributed by atoms with van der Waals surface area (Å²) in [7, 11) is 1.53. The molecule has 1 fully saturated rings. The molecule has 0 aliphatic carbocycles. The predicted octanol–water partition coefficient (Wildman–Crippen LogP) is 0.278. The zero-order valence-corrected chi connectivity index (χ0v) is 11.2. The van der Waals surface area contributed by atoms with Crippen LogP contribution < -0.4 is 10.5 Å². The number of aromatic nitrogens is 1. The molecule has 2 rings (SSSR count). The van der Waals surface area contributed by atoms with E-state index in [-0.39, 0.29) is 18.1 Å². The Morgan fingerprint density at radius 3 is 3.16 bits per heavy atom. The van der Waals surface area contributed by atoms with Gasteiger partial charge in [0.1, 0.15) is 5.75 Å². The van der Waals surface area contributed by atoms with Crippen molar-refractivity contribution < 1.29 is 14.3 Å². The molecule has 1 aromatic rings. The maximum atomic E-state index is 12.5. The van der Waals surface area contributed by atoms with Crippen molar-refractivity contribution in [3.8, 4) is 5.75 Å². The third-order valence-electron chi connectivity index (χ3n) is 3.20. The number of ether oxygens (including phenoxy) is 2. The molecule has 2 N–H and O–H groups in total. The number of hydrogen-bond acceptors (Lipinski definition) is 5. The lowest BCUT2D eigenvalue weighted by Gasteiger charge is -2.34. The highest BCUT2D eigenvalue weighted by molar-refractivity contribution is 5.96. The summed E-state index contributed by atoms with van der Waals surface area (Å²) in [6, 6.07) is 1.56. The van der Waals surface area contributed by atoms with Crippen LogP contribution in [0.4, 0.5) is 0 Å². The monoisotopic (exact) mass is 265 g/mol. The molecule has 1 aromatic heterocycles. The molecule has 0 aromatic carbocycles. The third kappa shape index (κ3) is 3.02. The van der Waals surface area contributed by atoms with Crippen LogP contribution in [0.3, 0.4) is 0 Å². The molecule has 0 radical (unpaired) electrons. The number of carbonyl (C=O) groups is 1. The fourth-order valence-corrected chi connectivity index (χ4v) is 2.07. The van der Waals surface area contributed by atoms with Crippen molar-refractivity contribution in [1.82, 2.24) is 9.88 Å². The van der Waals surface area contributed by atoms with Crippen LogP contribution in [0, 0.1) is 0 Å². The second-order valence-corrected chi connectivity index (χ2v) is 4.60. The maximum Gasteiger partial charge on any atom is 0.257 e. The van der Waals surface area contributed by atoms with Gasteiger partial charge in [-0.1, -0.05) is 0 Å². The zero-order chi connectivity index (χ0) is 13.8. The number of hydrogen-bond donors (Lipinski definition) is 1. The van der Waals surface area contributed by atoms with Crippen molar-refractivity contribution in [3.63, 3.8) is 0 Å². The first-order chi connectivity index (χ1) is 9.13. The van der Waals surface area contributed by atoms with E-state index in [0.29, 0.717) is 31.0 Å². The number of rotatable bonds is 3. The number of pyridine rings is 1. The average molecular weight is 265 g/mol.